The van der Waals surface area contributed by atoms with Gasteiger partial charge in [0.2, 0.25) is 0 Å². The van der Waals surface area contributed by atoms with Gasteiger partial charge < -0.3 is 10.5 Å². The van der Waals surface area contributed by atoms with E-state index in [9.17, 15) is 4.39 Å². The summed E-state index contributed by atoms with van der Waals surface area (Å²) in [5.41, 5.74) is 6.98. The minimum absolute atomic E-state index is 0.105. The highest BCUT2D eigenvalue weighted by Gasteiger charge is 2.30. The number of piperidine rings is 1. The standard InChI is InChI=1S/C15H23FN2O/c1-15(19-2)6-3-7-18(11-15)10-13-5-4-12(9-17)8-14(13)16/h4-5,8H,3,6-7,9-11,17H2,1-2H3. The number of hydrogen-bond donors (Lipinski definition) is 1. The number of rotatable bonds is 4. The van der Waals surface area contributed by atoms with Crippen molar-refractivity contribution < 1.29 is 9.13 Å². The van der Waals surface area contributed by atoms with Gasteiger partial charge in [-0.05, 0) is 37.9 Å². The predicted octanol–water partition coefficient (Wildman–Crippen LogP) is 2.29. The fourth-order valence-corrected chi connectivity index (χ4v) is 2.70. The number of hydrogen-bond acceptors (Lipinski definition) is 3. The molecule has 0 radical (unpaired) electrons. The molecule has 2 N–H and O–H groups in total. The SMILES string of the molecule is COC1(C)CCCN(Cc2ccc(CN)cc2F)C1. The van der Waals surface area contributed by atoms with E-state index in [1.807, 2.05) is 12.1 Å². The molecule has 106 valence electrons. The highest BCUT2D eigenvalue weighted by atomic mass is 19.1. The van der Waals surface area contributed by atoms with Crippen molar-refractivity contribution in [1.29, 1.82) is 0 Å². The van der Waals surface area contributed by atoms with Crippen LogP contribution >= 0.6 is 0 Å². The van der Waals surface area contributed by atoms with E-state index >= 15 is 0 Å². The molecule has 19 heavy (non-hydrogen) atoms. The van der Waals surface area contributed by atoms with Crippen molar-refractivity contribution >= 4 is 0 Å². The summed E-state index contributed by atoms with van der Waals surface area (Å²) in [7, 11) is 1.75. The minimum atomic E-state index is -0.160. The second-order valence-electron chi connectivity index (χ2n) is 5.60. The molecular formula is C15H23FN2O. The maximum Gasteiger partial charge on any atom is 0.128 e. The molecule has 0 saturated carbocycles. The highest BCUT2D eigenvalue weighted by molar-refractivity contribution is 5.24. The highest BCUT2D eigenvalue weighted by Crippen LogP contribution is 2.25. The van der Waals surface area contributed by atoms with Crippen LogP contribution in [0.4, 0.5) is 4.39 Å². The van der Waals surface area contributed by atoms with E-state index in [1.54, 1.807) is 7.11 Å². The molecule has 4 heteroatoms. The van der Waals surface area contributed by atoms with Gasteiger partial charge in [-0.2, -0.15) is 0 Å². The van der Waals surface area contributed by atoms with Gasteiger partial charge in [-0.15, -0.1) is 0 Å². The molecule has 0 bridgehead atoms. The molecule has 0 spiro atoms. The molecule has 3 nitrogen and oxygen atoms in total. The van der Waals surface area contributed by atoms with Crippen molar-refractivity contribution in [2.24, 2.45) is 5.73 Å². The zero-order valence-electron chi connectivity index (χ0n) is 11.8. The Morgan fingerprint density at radius 1 is 1.47 bits per heavy atom. The molecule has 1 aromatic rings. The van der Waals surface area contributed by atoms with Gasteiger partial charge in [0.05, 0.1) is 5.60 Å². The second-order valence-corrected chi connectivity index (χ2v) is 5.60. The maximum absolute atomic E-state index is 14.0. The lowest BCUT2D eigenvalue weighted by Gasteiger charge is -2.39. The summed E-state index contributed by atoms with van der Waals surface area (Å²) in [5.74, 6) is -0.160. The molecule has 1 aliphatic rings. The van der Waals surface area contributed by atoms with Crippen molar-refractivity contribution in [1.82, 2.24) is 4.90 Å². The summed E-state index contributed by atoms with van der Waals surface area (Å²) in [6, 6.07) is 5.28. The Balaban J connectivity index is 2.04. The first-order valence-corrected chi connectivity index (χ1v) is 6.81. The van der Waals surface area contributed by atoms with Gasteiger partial charge in [0.1, 0.15) is 5.82 Å². The summed E-state index contributed by atoms with van der Waals surface area (Å²) in [6.45, 7) is 4.98. The summed E-state index contributed by atoms with van der Waals surface area (Å²) in [4.78, 5) is 2.26. The minimum Gasteiger partial charge on any atom is -0.377 e. The molecule has 1 heterocycles. The molecule has 2 rings (SSSR count). The van der Waals surface area contributed by atoms with Gasteiger partial charge in [-0.3, -0.25) is 4.90 Å². The predicted molar refractivity (Wildman–Crippen MR) is 74.2 cm³/mol. The van der Waals surface area contributed by atoms with Gasteiger partial charge >= 0.3 is 0 Å². The first-order chi connectivity index (χ1) is 9.06. The van der Waals surface area contributed by atoms with E-state index in [2.05, 4.69) is 11.8 Å². The first kappa shape index (κ1) is 14.4. The summed E-state index contributed by atoms with van der Waals surface area (Å²) in [6.07, 6.45) is 2.15. The summed E-state index contributed by atoms with van der Waals surface area (Å²) in [5, 5.41) is 0. The smallest absolute Gasteiger partial charge is 0.128 e. The molecule has 1 saturated heterocycles. The third-order valence-electron chi connectivity index (χ3n) is 3.98. The van der Waals surface area contributed by atoms with Gasteiger partial charge in [0.15, 0.2) is 0 Å². The molecule has 0 amide bonds. The van der Waals surface area contributed by atoms with Crippen LogP contribution in [-0.4, -0.2) is 30.7 Å². The van der Waals surface area contributed by atoms with Crippen LogP contribution in [-0.2, 0) is 17.8 Å². The quantitative estimate of drug-likeness (QED) is 0.908. The number of ether oxygens (including phenoxy) is 1. The number of benzene rings is 1. The largest absolute Gasteiger partial charge is 0.377 e. The Labute approximate surface area is 114 Å². The Hall–Kier alpha value is -0.970. The van der Waals surface area contributed by atoms with Crippen LogP contribution in [0.3, 0.4) is 0 Å². The molecule has 1 unspecified atom stereocenters. The summed E-state index contributed by atoms with van der Waals surface area (Å²) < 4.78 is 19.5. The number of halogens is 1. The number of methoxy groups -OCH3 is 1. The van der Waals surface area contributed by atoms with Crippen LogP contribution in [0.15, 0.2) is 18.2 Å². The zero-order valence-corrected chi connectivity index (χ0v) is 11.8. The van der Waals surface area contributed by atoms with Crippen molar-refractivity contribution in [3.63, 3.8) is 0 Å². The molecular weight excluding hydrogens is 243 g/mol. The van der Waals surface area contributed by atoms with Gasteiger partial charge in [-0.25, -0.2) is 4.39 Å². The lowest BCUT2D eigenvalue weighted by atomic mass is 9.94. The molecule has 1 fully saturated rings. The van der Waals surface area contributed by atoms with Crippen molar-refractivity contribution in [3.8, 4) is 0 Å². The Morgan fingerprint density at radius 2 is 2.26 bits per heavy atom. The van der Waals surface area contributed by atoms with Crippen LogP contribution in [0.2, 0.25) is 0 Å². The third kappa shape index (κ3) is 3.53. The normalized spacial score (nSPS) is 24.6. The second kappa shape index (κ2) is 5.99. The lowest BCUT2D eigenvalue weighted by Crippen LogP contribution is -2.46. The molecule has 0 aliphatic carbocycles. The van der Waals surface area contributed by atoms with E-state index in [-0.39, 0.29) is 11.4 Å². The van der Waals surface area contributed by atoms with E-state index in [0.717, 1.165) is 37.1 Å². The Kier molecular flexibility index (Phi) is 4.55. The van der Waals surface area contributed by atoms with Crippen LogP contribution < -0.4 is 5.73 Å². The van der Waals surface area contributed by atoms with Crippen molar-refractivity contribution in [3.05, 3.63) is 35.1 Å². The number of nitrogens with two attached hydrogens (primary N) is 1. The van der Waals surface area contributed by atoms with Crippen LogP contribution in [0.25, 0.3) is 0 Å². The monoisotopic (exact) mass is 266 g/mol. The van der Waals surface area contributed by atoms with Gasteiger partial charge in [-0.1, -0.05) is 12.1 Å². The van der Waals surface area contributed by atoms with Crippen LogP contribution in [0.1, 0.15) is 30.9 Å². The lowest BCUT2D eigenvalue weighted by molar-refractivity contribution is -0.0528. The molecule has 1 atom stereocenters. The van der Waals surface area contributed by atoms with Crippen molar-refractivity contribution in [2.75, 3.05) is 20.2 Å². The average Bonchev–Trinajstić information content (AvgIpc) is 2.41. The van der Waals surface area contributed by atoms with E-state index < -0.39 is 0 Å². The number of likely N-dealkylation sites (tertiary alicyclic amines) is 1. The van der Waals surface area contributed by atoms with Crippen molar-refractivity contribution in [2.45, 2.75) is 38.5 Å². The maximum atomic E-state index is 14.0. The fourth-order valence-electron chi connectivity index (χ4n) is 2.70. The van der Waals surface area contributed by atoms with Crippen LogP contribution in [0.5, 0.6) is 0 Å². The van der Waals surface area contributed by atoms with Gasteiger partial charge in [0, 0.05) is 32.3 Å². The topological polar surface area (TPSA) is 38.5 Å². The Morgan fingerprint density at radius 3 is 2.89 bits per heavy atom. The Bertz CT molecular complexity index is 438. The number of nitrogens with zero attached hydrogens (tertiary/aromatic N) is 1. The first-order valence-electron chi connectivity index (χ1n) is 6.81. The van der Waals surface area contributed by atoms with Gasteiger partial charge in [0.25, 0.3) is 0 Å². The molecule has 0 aromatic heterocycles. The van der Waals surface area contributed by atoms with E-state index in [4.69, 9.17) is 10.5 Å². The van der Waals surface area contributed by atoms with Crippen LogP contribution in [0, 0.1) is 5.82 Å². The fraction of sp³-hybridized carbons (Fsp3) is 0.600. The summed E-state index contributed by atoms with van der Waals surface area (Å²) >= 11 is 0. The average molecular weight is 266 g/mol. The zero-order chi connectivity index (χ0) is 13.9. The molecule has 1 aliphatic heterocycles. The van der Waals surface area contributed by atoms with E-state index in [0.29, 0.717) is 13.1 Å². The molecule has 1 aromatic carbocycles. The van der Waals surface area contributed by atoms with E-state index in [1.165, 1.54) is 6.07 Å². The third-order valence-corrected chi connectivity index (χ3v) is 3.98.